The molecule has 17 heavy (non-hydrogen) atoms. The third-order valence-electron chi connectivity index (χ3n) is 3.52. The summed E-state index contributed by atoms with van der Waals surface area (Å²) in [5.41, 5.74) is 1.11. The van der Waals surface area contributed by atoms with Crippen LogP contribution in [0.2, 0.25) is 0 Å². The highest BCUT2D eigenvalue weighted by Gasteiger charge is 2.14. The molecule has 1 aromatic carbocycles. The number of halogens is 1. The molecule has 2 heteroatoms. The van der Waals surface area contributed by atoms with Crippen LogP contribution in [0.15, 0.2) is 24.3 Å². The third-order valence-corrected chi connectivity index (χ3v) is 3.52. The van der Waals surface area contributed by atoms with Gasteiger partial charge in [-0.1, -0.05) is 38.8 Å². The van der Waals surface area contributed by atoms with E-state index < -0.39 is 0 Å². The zero-order valence-electron chi connectivity index (χ0n) is 10.8. The average molecular weight is 238 g/mol. The second-order valence-electron chi connectivity index (χ2n) is 4.80. The van der Waals surface area contributed by atoms with Crippen LogP contribution >= 0.6 is 0 Å². The lowest BCUT2D eigenvalue weighted by atomic mass is 9.87. The van der Waals surface area contributed by atoms with Crippen LogP contribution in [0.3, 0.4) is 0 Å². The Balaban J connectivity index is 2.54. The van der Waals surface area contributed by atoms with E-state index in [0.29, 0.717) is 11.8 Å². The lowest BCUT2D eigenvalue weighted by molar-refractivity contribution is 0.196. The second kappa shape index (κ2) is 7.44. The maximum Gasteiger partial charge on any atom is 0.123 e. The quantitative estimate of drug-likeness (QED) is 0.766. The van der Waals surface area contributed by atoms with Gasteiger partial charge in [0.25, 0.3) is 0 Å². The van der Waals surface area contributed by atoms with E-state index in [1.807, 2.05) is 12.1 Å². The molecule has 1 rings (SSSR count). The summed E-state index contributed by atoms with van der Waals surface area (Å²) in [5.74, 6) is 0.784. The van der Waals surface area contributed by atoms with Crippen LogP contribution < -0.4 is 0 Å². The summed E-state index contributed by atoms with van der Waals surface area (Å²) in [4.78, 5) is 0. The van der Waals surface area contributed by atoms with Gasteiger partial charge in [-0.05, 0) is 42.4 Å². The van der Waals surface area contributed by atoms with Crippen LogP contribution in [-0.4, -0.2) is 11.7 Å². The van der Waals surface area contributed by atoms with Gasteiger partial charge in [0.2, 0.25) is 0 Å². The summed E-state index contributed by atoms with van der Waals surface area (Å²) in [5, 5.41) is 9.41. The molecule has 0 radical (unpaired) electrons. The maximum atomic E-state index is 12.8. The molecule has 1 unspecified atom stereocenters. The molecule has 0 saturated carbocycles. The summed E-state index contributed by atoms with van der Waals surface area (Å²) >= 11 is 0. The van der Waals surface area contributed by atoms with Gasteiger partial charge in [0.15, 0.2) is 0 Å². The first-order chi connectivity index (χ1) is 8.19. The lowest BCUT2D eigenvalue weighted by Gasteiger charge is -2.20. The Morgan fingerprint density at radius 2 is 1.65 bits per heavy atom. The van der Waals surface area contributed by atoms with Crippen molar-refractivity contribution in [2.45, 2.75) is 39.5 Å². The zero-order chi connectivity index (χ0) is 12.7. The van der Waals surface area contributed by atoms with Gasteiger partial charge < -0.3 is 5.11 Å². The molecule has 96 valence electrons. The van der Waals surface area contributed by atoms with E-state index in [9.17, 15) is 9.50 Å². The van der Waals surface area contributed by atoms with Gasteiger partial charge in [-0.2, -0.15) is 0 Å². The molecule has 0 bridgehead atoms. The van der Waals surface area contributed by atoms with E-state index in [4.69, 9.17) is 0 Å². The van der Waals surface area contributed by atoms with Crippen molar-refractivity contribution in [3.05, 3.63) is 35.6 Å². The molecule has 1 atom stereocenters. The zero-order valence-corrected chi connectivity index (χ0v) is 10.8. The molecule has 1 aromatic rings. The van der Waals surface area contributed by atoms with Gasteiger partial charge in [-0.25, -0.2) is 4.39 Å². The predicted molar refractivity (Wildman–Crippen MR) is 69.4 cm³/mol. The molecule has 1 nitrogen and oxygen atoms in total. The van der Waals surface area contributed by atoms with Gasteiger partial charge in [-0.15, -0.1) is 0 Å². The molecule has 0 amide bonds. The number of rotatable bonds is 7. The normalized spacial score (nSPS) is 13.0. The summed E-state index contributed by atoms with van der Waals surface area (Å²) in [6.45, 7) is 4.61. The predicted octanol–water partition coefficient (Wildman–Crippen LogP) is 3.80. The Hall–Kier alpha value is -0.890. The first-order valence-electron chi connectivity index (χ1n) is 6.54. The van der Waals surface area contributed by atoms with Gasteiger partial charge in [0.05, 0.1) is 0 Å². The van der Waals surface area contributed by atoms with Crippen molar-refractivity contribution in [1.82, 2.24) is 0 Å². The summed E-state index contributed by atoms with van der Waals surface area (Å²) in [6, 6.07) is 6.59. The number of aliphatic hydroxyl groups excluding tert-OH is 1. The Morgan fingerprint density at radius 3 is 2.12 bits per heavy atom. The fourth-order valence-corrected chi connectivity index (χ4v) is 2.27. The first kappa shape index (κ1) is 14.2. The van der Waals surface area contributed by atoms with E-state index in [2.05, 4.69) is 13.8 Å². The van der Waals surface area contributed by atoms with E-state index in [1.165, 1.54) is 12.1 Å². The molecule has 0 aliphatic rings. The van der Waals surface area contributed by atoms with Crippen LogP contribution in [-0.2, 0) is 6.42 Å². The molecule has 0 aliphatic heterocycles. The monoisotopic (exact) mass is 238 g/mol. The smallest absolute Gasteiger partial charge is 0.123 e. The molecule has 0 fully saturated rings. The minimum absolute atomic E-state index is 0.200. The highest BCUT2D eigenvalue weighted by atomic mass is 19.1. The summed E-state index contributed by atoms with van der Waals surface area (Å²) in [7, 11) is 0. The van der Waals surface area contributed by atoms with Crippen LogP contribution in [0.4, 0.5) is 4.39 Å². The first-order valence-corrected chi connectivity index (χ1v) is 6.54. The Kier molecular flexibility index (Phi) is 6.20. The van der Waals surface area contributed by atoms with Gasteiger partial charge in [0, 0.05) is 6.61 Å². The third kappa shape index (κ3) is 4.86. The summed E-state index contributed by atoms with van der Waals surface area (Å²) < 4.78 is 12.8. The number of benzene rings is 1. The minimum Gasteiger partial charge on any atom is -0.396 e. The van der Waals surface area contributed by atoms with Crippen LogP contribution in [0, 0.1) is 17.7 Å². The maximum absolute atomic E-state index is 12.8. The highest BCUT2D eigenvalue weighted by molar-refractivity contribution is 5.16. The topological polar surface area (TPSA) is 20.2 Å². The van der Waals surface area contributed by atoms with Crippen molar-refractivity contribution in [3.8, 4) is 0 Å². The molecule has 0 heterocycles. The molecule has 0 spiro atoms. The van der Waals surface area contributed by atoms with Crippen molar-refractivity contribution < 1.29 is 9.50 Å². The fourth-order valence-electron chi connectivity index (χ4n) is 2.27. The lowest BCUT2D eigenvalue weighted by Crippen LogP contribution is -2.14. The van der Waals surface area contributed by atoms with Crippen molar-refractivity contribution in [2.75, 3.05) is 6.61 Å². The van der Waals surface area contributed by atoms with E-state index in [-0.39, 0.29) is 12.4 Å². The number of hydrogen-bond acceptors (Lipinski definition) is 1. The van der Waals surface area contributed by atoms with Crippen LogP contribution in [0.25, 0.3) is 0 Å². The molecule has 0 aromatic heterocycles. The highest BCUT2D eigenvalue weighted by Crippen LogP contribution is 2.22. The molecule has 1 N–H and O–H groups in total. The fraction of sp³-hybridized carbons (Fsp3) is 0.600. The van der Waals surface area contributed by atoms with Crippen molar-refractivity contribution in [2.24, 2.45) is 11.8 Å². The Morgan fingerprint density at radius 1 is 1.06 bits per heavy atom. The largest absolute Gasteiger partial charge is 0.396 e. The Labute approximate surface area is 104 Å². The van der Waals surface area contributed by atoms with E-state index >= 15 is 0 Å². The van der Waals surface area contributed by atoms with Crippen molar-refractivity contribution in [3.63, 3.8) is 0 Å². The molecule has 0 aliphatic carbocycles. The van der Waals surface area contributed by atoms with Crippen LogP contribution in [0.5, 0.6) is 0 Å². The number of aliphatic hydroxyl groups is 1. The Bertz CT molecular complexity index is 303. The molecular weight excluding hydrogens is 215 g/mol. The summed E-state index contributed by atoms with van der Waals surface area (Å²) in [6.07, 6.45) is 4.22. The molecular formula is C15H23FO. The number of hydrogen-bond donors (Lipinski definition) is 1. The van der Waals surface area contributed by atoms with Crippen molar-refractivity contribution in [1.29, 1.82) is 0 Å². The van der Waals surface area contributed by atoms with E-state index in [0.717, 1.165) is 31.2 Å². The van der Waals surface area contributed by atoms with E-state index in [1.54, 1.807) is 0 Å². The molecule has 0 saturated heterocycles. The van der Waals surface area contributed by atoms with Crippen molar-refractivity contribution >= 4 is 0 Å². The van der Waals surface area contributed by atoms with Gasteiger partial charge in [0.1, 0.15) is 5.82 Å². The average Bonchev–Trinajstić information content (AvgIpc) is 2.37. The van der Waals surface area contributed by atoms with Gasteiger partial charge in [-0.3, -0.25) is 0 Å². The van der Waals surface area contributed by atoms with Crippen LogP contribution in [0.1, 0.15) is 38.7 Å². The SMILES string of the molecule is CCC(CC)CC(CO)Cc1ccc(F)cc1. The minimum atomic E-state index is -0.200. The second-order valence-corrected chi connectivity index (χ2v) is 4.80. The standard InChI is InChI=1S/C15H23FO/c1-3-12(4-2)9-14(11-17)10-13-5-7-15(16)8-6-13/h5-8,12,14,17H,3-4,9-11H2,1-2H3. The van der Waals surface area contributed by atoms with Gasteiger partial charge >= 0.3 is 0 Å².